The van der Waals surface area contributed by atoms with Crippen molar-refractivity contribution in [3.05, 3.63) is 65.0 Å². The number of nitro groups is 1. The molecule has 0 amide bonds. The lowest BCUT2D eigenvalue weighted by atomic mass is 10.4. The van der Waals surface area contributed by atoms with Gasteiger partial charge >= 0.3 is 0 Å². The topological polar surface area (TPSA) is 82.2 Å². The van der Waals surface area contributed by atoms with E-state index in [9.17, 15) is 18.5 Å². The molecule has 18 heavy (non-hydrogen) atoms. The Morgan fingerprint density at radius 2 is 1.56 bits per heavy atom. The summed E-state index contributed by atoms with van der Waals surface area (Å²) in [4.78, 5) is 9.49. The van der Waals surface area contributed by atoms with E-state index in [0.29, 0.717) is 0 Å². The van der Waals surface area contributed by atoms with Crippen LogP contribution in [0.3, 0.4) is 0 Å². The van der Waals surface area contributed by atoms with Gasteiger partial charge in [0, 0.05) is 12.3 Å². The summed E-state index contributed by atoms with van der Waals surface area (Å²) in [6.07, 6.45) is 3.06. The fourth-order valence-corrected chi connectivity index (χ4v) is 1.65. The summed E-state index contributed by atoms with van der Waals surface area (Å²) in [5.74, 6) is 0. The summed E-state index contributed by atoms with van der Waals surface area (Å²) >= 11 is 0. The number of rotatable bonds is 2. The highest BCUT2D eigenvalue weighted by Crippen LogP contribution is 2.11. The van der Waals surface area contributed by atoms with Gasteiger partial charge in [-0.2, -0.15) is 0 Å². The minimum atomic E-state index is -3.40. The van der Waals surface area contributed by atoms with E-state index in [4.69, 9.17) is 0 Å². The van der Waals surface area contributed by atoms with Crippen molar-refractivity contribution in [2.75, 3.05) is 6.26 Å². The van der Waals surface area contributed by atoms with Gasteiger partial charge in [-0.3, -0.25) is 10.1 Å². The number of benzene rings is 1. The molecule has 1 heterocycles. The van der Waals surface area contributed by atoms with Gasteiger partial charge in [0.1, 0.15) is 0 Å². The third-order valence-corrected chi connectivity index (χ3v) is 2.91. The average Bonchev–Trinajstić information content (AvgIpc) is 2.81. The lowest BCUT2D eigenvalue weighted by molar-refractivity contribution is -0.384. The van der Waals surface area contributed by atoms with Crippen molar-refractivity contribution in [3.63, 3.8) is 0 Å². The maximum atomic E-state index is 10.8. The van der Waals surface area contributed by atoms with Crippen LogP contribution in [0.25, 0.3) is 0 Å². The maximum absolute atomic E-state index is 10.8. The molecule has 0 unspecified atom stereocenters. The fraction of sp³-hybridized carbons (Fsp3) is 0.0909. The molecule has 0 aliphatic carbocycles. The van der Waals surface area contributed by atoms with Crippen LogP contribution in [-0.4, -0.2) is 23.6 Å². The number of hydrogen-bond donors (Lipinski definition) is 0. The molecule has 0 saturated carbocycles. The van der Waals surface area contributed by atoms with Crippen LogP contribution >= 0.6 is 0 Å². The van der Waals surface area contributed by atoms with Crippen molar-refractivity contribution >= 4 is 15.7 Å². The second-order valence-electron chi connectivity index (χ2n) is 3.37. The second-order valence-corrected chi connectivity index (χ2v) is 5.26. The van der Waals surface area contributed by atoms with Gasteiger partial charge < -0.3 is 0 Å². The van der Waals surface area contributed by atoms with Crippen molar-refractivity contribution in [1.29, 1.82) is 0 Å². The Kier molecular flexibility index (Phi) is 4.61. The van der Waals surface area contributed by atoms with E-state index in [1.807, 2.05) is 36.4 Å². The SMILES string of the molecule is CS(=O)(=O)n1ccc([N+](=O)[O-])c1.c1ccccc1. The van der Waals surface area contributed by atoms with Crippen LogP contribution in [0.4, 0.5) is 5.69 Å². The zero-order valence-electron chi connectivity index (χ0n) is 9.63. The molecule has 96 valence electrons. The normalized spacial score (nSPS) is 10.3. The third kappa shape index (κ3) is 4.38. The standard InChI is InChI=1S/C6H6.C5H6N2O4S/c1-2-4-6-5-3-1;1-12(10,11)6-3-2-5(4-6)7(8)9/h1-6H;2-4H,1H3. The van der Waals surface area contributed by atoms with Crippen molar-refractivity contribution in [2.45, 2.75) is 0 Å². The second kappa shape index (κ2) is 5.97. The van der Waals surface area contributed by atoms with Gasteiger partial charge in [-0.25, -0.2) is 12.4 Å². The van der Waals surface area contributed by atoms with E-state index < -0.39 is 14.9 Å². The number of nitrogens with zero attached hydrogens (tertiary/aromatic N) is 2. The Hall–Kier alpha value is -2.15. The van der Waals surface area contributed by atoms with Gasteiger partial charge in [0.15, 0.2) is 0 Å². The molecule has 6 nitrogen and oxygen atoms in total. The van der Waals surface area contributed by atoms with Gasteiger partial charge in [-0.05, 0) is 0 Å². The van der Waals surface area contributed by atoms with Gasteiger partial charge in [0.05, 0.1) is 17.4 Å². The summed E-state index contributed by atoms with van der Waals surface area (Å²) in [5.41, 5.74) is -0.236. The first kappa shape index (κ1) is 13.9. The van der Waals surface area contributed by atoms with Crippen molar-refractivity contribution in [2.24, 2.45) is 0 Å². The quantitative estimate of drug-likeness (QED) is 0.615. The zero-order valence-corrected chi connectivity index (χ0v) is 10.4. The van der Waals surface area contributed by atoms with Gasteiger partial charge in [0.2, 0.25) is 10.0 Å². The average molecular weight is 268 g/mol. The molecule has 1 aromatic carbocycles. The van der Waals surface area contributed by atoms with Gasteiger partial charge in [-0.15, -0.1) is 0 Å². The highest BCUT2D eigenvalue weighted by atomic mass is 32.2. The highest BCUT2D eigenvalue weighted by molar-refractivity contribution is 7.89. The van der Waals surface area contributed by atoms with E-state index in [1.54, 1.807) is 0 Å². The van der Waals surface area contributed by atoms with Crippen LogP contribution in [0.5, 0.6) is 0 Å². The smallest absolute Gasteiger partial charge is 0.258 e. The van der Waals surface area contributed by atoms with E-state index >= 15 is 0 Å². The summed E-state index contributed by atoms with van der Waals surface area (Å²) in [7, 11) is -3.40. The van der Waals surface area contributed by atoms with E-state index in [1.165, 1.54) is 0 Å². The van der Waals surface area contributed by atoms with E-state index in [-0.39, 0.29) is 5.69 Å². The summed E-state index contributed by atoms with van der Waals surface area (Å²) in [6, 6.07) is 13.1. The molecule has 0 aliphatic heterocycles. The molecule has 0 saturated heterocycles. The Labute approximate surface area is 105 Å². The highest BCUT2D eigenvalue weighted by Gasteiger charge is 2.11. The van der Waals surface area contributed by atoms with Crippen LogP contribution in [0.1, 0.15) is 0 Å². The van der Waals surface area contributed by atoms with Crippen molar-refractivity contribution in [3.8, 4) is 0 Å². The lowest BCUT2D eigenvalue weighted by Crippen LogP contribution is -2.06. The predicted molar refractivity (Wildman–Crippen MR) is 67.8 cm³/mol. The summed E-state index contributed by atoms with van der Waals surface area (Å²) in [6.45, 7) is 0. The Morgan fingerprint density at radius 3 is 1.78 bits per heavy atom. The summed E-state index contributed by atoms with van der Waals surface area (Å²) < 4.78 is 22.4. The first-order valence-electron chi connectivity index (χ1n) is 4.94. The van der Waals surface area contributed by atoms with Crippen LogP contribution < -0.4 is 0 Å². The molecule has 1 aromatic heterocycles. The first-order chi connectivity index (χ1) is 8.41. The van der Waals surface area contributed by atoms with E-state index in [2.05, 4.69) is 0 Å². The Morgan fingerprint density at radius 1 is 1.11 bits per heavy atom. The molecular formula is C11H12N2O4S. The number of hydrogen-bond acceptors (Lipinski definition) is 4. The predicted octanol–water partition coefficient (Wildman–Crippen LogP) is 1.89. The monoisotopic (exact) mass is 268 g/mol. The molecule has 0 spiro atoms. The minimum Gasteiger partial charge on any atom is -0.258 e. The molecule has 2 rings (SSSR count). The summed E-state index contributed by atoms with van der Waals surface area (Å²) in [5, 5.41) is 10.1. The van der Waals surface area contributed by atoms with Gasteiger partial charge in [-0.1, -0.05) is 36.4 Å². The maximum Gasteiger partial charge on any atom is 0.288 e. The van der Waals surface area contributed by atoms with Crippen LogP contribution in [0, 0.1) is 10.1 Å². The largest absolute Gasteiger partial charge is 0.288 e. The fourth-order valence-electron chi connectivity index (χ4n) is 1.07. The molecule has 0 atom stereocenters. The third-order valence-electron chi connectivity index (χ3n) is 1.91. The number of aromatic nitrogens is 1. The van der Waals surface area contributed by atoms with Crippen LogP contribution in [0.2, 0.25) is 0 Å². The molecule has 0 fully saturated rings. The van der Waals surface area contributed by atoms with Gasteiger partial charge in [0.25, 0.3) is 5.69 Å². The van der Waals surface area contributed by atoms with E-state index in [0.717, 1.165) is 28.7 Å². The molecule has 0 radical (unpaired) electrons. The zero-order chi connectivity index (χ0) is 13.6. The van der Waals surface area contributed by atoms with Crippen molar-refractivity contribution < 1.29 is 13.3 Å². The lowest BCUT2D eigenvalue weighted by Gasteiger charge is -1.94. The molecular weight excluding hydrogens is 256 g/mol. The molecule has 0 aliphatic rings. The Balaban J connectivity index is 0.000000225. The minimum absolute atomic E-state index is 0.236. The molecule has 0 bridgehead atoms. The molecule has 7 heteroatoms. The first-order valence-corrected chi connectivity index (χ1v) is 6.79. The van der Waals surface area contributed by atoms with Crippen LogP contribution in [-0.2, 0) is 10.0 Å². The Bertz CT molecular complexity index is 578. The molecule has 0 N–H and O–H groups in total. The molecule has 2 aromatic rings. The van der Waals surface area contributed by atoms with Crippen LogP contribution in [0.15, 0.2) is 54.9 Å². The van der Waals surface area contributed by atoms with Crippen molar-refractivity contribution in [1.82, 2.24) is 3.97 Å².